The normalized spacial score (nSPS) is 10.4. The summed E-state index contributed by atoms with van der Waals surface area (Å²) >= 11 is 0. The Kier molecular flexibility index (Phi) is 4.01. The van der Waals surface area contributed by atoms with Gasteiger partial charge in [-0.05, 0) is 42.8 Å². The zero-order valence-electron chi connectivity index (χ0n) is 12.4. The van der Waals surface area contributed by atoms with Crippen LogP contribution in [0.1, 0.15) is 21.5 Å². The maximum absolute atomic E-state index is 12.1. The highest BCUT2D eigenvalue weighted by Crippen LogP contribution is 2.10. The summed E-state index contributed by atoms with van der Waals surface area (Å²) in [4.78, 5) is 12.1. The lowest BCUT2D eigenvalue weighted by molar-refractivity contribution is 0.0951. The Balaban J connectivity index is 1.67. The summed E-state index contributed by atoms with van der Waals surface area (Å²) in [6.07, 6.45) is 3.63. The number of nitrogens with one attached hydrogen (secondary N) is 1. The van der Waals surface area contributed by atoms with Crippen LogP contribution in [0, 0.1) is 6.92 Å². The number of aromatic nitrogens is 2. The van der Waals surface area contributed by atoms with E-state index in [-0.39, 0.29) is 5.91 Å². The molecule has 0 radical (unpaired) electrons. The molecule has 0 spiro atoms. The van der Waals surface area contributed by atoms with Gasteiger partial charge in [0.05, 0.1) is 5.69 Å². The van der Waals surface area contributed by atoms with Gasteiger partial charge in [-0.2, -0.15) is 5.10 Å². The topological polar surface area (TPSA) is 46.9 Å². The van der Waals surface area contributed by atoms with Gasteiger partial charge < -0.3 is 5.32 Å². The molecule has 4 heteroatoms. The van der Waals surface area contributed by atoms with Crippen LogP contribution >= 0.6 is 0 Å². The summed E-state index contributed by atoms with van der Waals surface area (Å²) in [5, 5.41) is 7.15. The van der Waals surface area contributed by atoms with Gasteiger partial charge in [0.2, 0.25) is 0 Å². The molecule has 0 aliphatic carbocycles. The number of benzene rings is 2. The van der Waals surface area contributed by atoms with Gasteiger partial charge in [0, 0.05) is 24.5 Å². The predicted octanol–water partition coefficient (Wildman–Crippen LogP) is 3.11. The Labute approximate surface area is 129 Å². The standard InChI is InChI=1S/C18H17N3O/c1-14-6-8-16(9-7-14)18(22)19-13-15-4-2-5-17(12-15)21-11-3-10-20-21/h2-12H,13H2,1H3,(H,19,22). The van der Waals surface area contributed by atoms with E-state index in [1.807, 2.05) is 67.7 Å². The zero-order valence-corrected chi connectivity index (χ0v) is 12.4. The second-order valence-electron chi connectivity index (χ2n) is 5.17. The molecule has 2 aromatic carbocycles. The van der Waals surface area contributed by atoms with Crippen molar-refractivity contribution in [2.45, 2.75) is 13.5 Å². The van der Waals surface area contributed by atoms with Crippen molar-refractivity contribution >= 4 is 5.91 Å². The first-order chi connectivity index (χ1) is 10.7. The molecule has 0 saturated carbocycles. The largest absolute Gasteiger partial charge is 0.348 e. The quantitative estimate of drug-likeness (QED) is 0.803. The molecule has 0 bridgehead atoms. The summed E-state index contributed by atoms with van der Waals surface area (Å²) in [5.74, 6) is -0.0653. The number of aryl methyl sites for hydroxylation is 1. The molecule has 4 nitrogen and oxygen atoms in total. The van der Waals surface area contributed by atoms with Crippen molar-refractivity contribution in [3.8, 4) is 5.69 Å². The monoisotopic (exact) mass is 291 g/mol. The third-order valence-electron chi connectivity index (χ3n) is 3.45. The van der Waals surface area contributed by atoms with Crippen LogP contribution in [-0.2, 0) is 6.54 Å². The van der Waals surface area contributed by atoms with Crippen LogP contribution in [0.2, 0.25) is 0 Å². The Morgan fingerprint density at radius 1 is 1.14 bits per heavy atom. The maximum Gasteiger partial charge on any atom is 0.251 e. The third kappa shape index (κ3) is 3.23. The van der Waals surface area contributed by atoms with E-state index in [4.69, 9.17) is 0 Å². The summed E-state index contributed by atoms with van der Waals surface area (Å²) in [6.45, 7) is 2.49. The van der Waals surface area contributed by atoms with Gasteiger partial charge in [-0.3, -0.25) is 4.79 Å². The number of rotatable bonds is 4. The molecule has 1 aromatic heterocycles. The van der Waals surface area contributed by atoms with Gasteiger partial charge in [-0.25, -0.2) is 4.68 Å². The highest BCUT2D eigenvalue weighted by Gasteiger charge is 2.05. The fraction of sp³-hybridized carbons (Fsp3) is 0.111. The Hall–Kier alpha value is -2.88. The molecule has 0 atom stereocenters. The molecule has 3 rings (SSSR count). The Morgan fingerprint density at radius 2 is 1.95 bits per heavy atom. The van der Waals surface area contributed by atoms with Crippen LogP contribution in [0.15, 0.2) is 67.0 Å². The highest BCUT2D eigenvalue weighted by molar-refractivity contribution is 5.94. The number of hydrogen-bond acceptors (Lipinski definition) is 2. The Morgan fingerprint density at radius 3 is 2.68 bits per heavy atom. The average molecular weight is 291 g/mol. The highest BCUT2D eigenvalue weighted by atomic mass is 16.1. The lowest BCUT2D eigenvalue weighted by atomic mass is 10.1. The summed E-state index contributed by atoms with van der Waals surface area (Å²) in [7, 11) is 0. The van der Waals surface area contributed by atoms with E-state index in [0.29, 0.717) is 12.1 Å². The Bertz CT molecular complexity index is 761. The molecule has 0 fully saturated rings. The first-order valence-corrected chi connectivity index (χ1v) is 7.16. The lowest BCUT2D eigenvalue weighted by Gasteiger charge is -2.08. The van der Waals surface area contributed by atoms with Gasteiger partial charge >= 0.3 is 0 Å². The van der Waals surface area contributed by atoms with Crippen LogP contribution < -0.4 is 5.32 Å². The molecule has 1 heterocycles. The van der Waals surface area contributed by atoms with Crippen molar-refractivity contribution in [2.24, 2.45) is 0 Å². The van der Waals surface area contributed by atoms with Crippen LogP contribution in [-0.4, -0.2) is 15.7 Å². The van der Waals surface area contributed by atoms with Crippen molar-refractivity contribution in [3.05, 3.63) is 83.7 Å². The van der Waals surface area contributed by atoms with E-state index in [9.17, 15) is 4.79 Å². The van der Waals surface area contributed by atoms with Crippen molar-refractivity contribution in [1.29, 1.82) is 0 Å². The minimum atomic E-state index is -0.0653. The molecule has 22 heavy (non-hydrogen) atoms. The second kappa shape index (κ2) is 6.26. The van der Waals surface area contributed by atoms with Crippen molar-refractivity contribution in [3.63, 3.8) is 0 Å². The molecule has 3 aromatic rings. The van der Waals surface area contributed by atoms with Crippen LogP contribution in [0.25, 0.3) is 5.69 Å². The summed E-state index contributed by atoms with van der Waals surface area (Å²) < 4.78 is 1.80. The number of carbonyl (C=O) groups is 1. The van der Waals surface area contributed by atoms with Crippen molar-refractivity contribution in [2.75, 3.05) is 0 Å². The smallest absolute Gasteiger partial charge is 0.251 e. The van der Waals surface area contributed by atoms with E-state index < -0.39 is 0 Å². The van der Waals surface area contributed by atoms with E-state index in [1.54, 1.807) is 10.9 Å². The van der Waals surface area contributed by atoms with E-state index in [0.717, 1.165) is 16.8 Å². The first kappa shape index (κ1) is 14.1. The zero-order chi connectivity index (χ0) is 15.4. The SMILES string of the molecule is Cc1ccc(C(=O)NCc2cccc(-n3cccn3)c2)cc1. The van der Waals surface area contributed by atoms with Crippen molar-refractivity contribution < 1.29 is 4.79 Å². The number of nitrogens with zero attached hydrogens (tertiary/aromatic N) is 2. The molecular formula is C18H17N3O. The number of carbonyl (C=O) groups excluding carboxylic acids is 1. The molecule has 0 aliphatic heterocycles. The molecular weight excluding hydrogens is 274 g/mol. The second-order valence-corrected chi connectivity index (χ2v) is 5.17. The van der Waals surface area contributed by atoms with Crippen LogP contribution in [0.4, 0.5) is 0 Å². The molecule has 0 aliphatic rings. The third-order valence-corrected chi connectivity index (χ3v) is 3.45. The van der Waals surface area contributed by atoms with E-state index >= 15 is 0 Å². The van der Waals surface area contributed by atoms with Gasteiger partial charge in [0.25, 0.3) is 5.91 Å². The summed E-state index contributed by atoms with van der Waals surface area (Å²) in [6, 6.07) is 17.4. The lowest BCUT2D eigenvalue weighted by Crippen LogP contribution is -2.22. The van der Waals surface area contributed by atoms with Crippen LogP contribution in [0.3, 0.4) is 0 Å². The number of amides is 1. The molecule has 110 valence electrons. The number of hydrogen-bond donors (Lipinski definition) is 1. The van der Waals surface area contributed by atoms with Crippen LogP contribution in [0.5, 0.6) is 0 Å². The molecule has 0 saturated heterocycles. The average Bonchev–Trinajstić information content (AvgIpc) is 3.08. The minimum absolute atomic E-state index is 0.0653. The van der Waals surface area contributed by atoms with Crippen molar-refractivity contribution in [1.82, 2.24) is 15.1 Å². The first-order valence-electron chi connectivity index (χ1n) is 7.16. The van der Waals surface area contributed by atoms with Gasteiger partial charge in [-0.1, -0.05) is 29.8 Å². The molecule has 1 N–H and O–H groups in total. The maximum atomic E-state index is 12.1. The molecule has 1 amide bonds. The predicted molar refractivity (Wildman–Crippen MR) is 85.9 cm³/mol. The van der Waals surface area contributed by atoms with Gasteiger partial charge in [-0.15, -0.1) is 0 Å². The van der Waals surface area contributed by atoms with Gasteiger partial charge in [0.1, 0.15) is 0 Å². The van der Waals surface area contributed by atoms with Gasteiger partial charge in [0.15, 0.2) is 0 Å². The fourth-order valence-corrected chi connectivity index (χ4v) is 2.22. The van der Waals surface area contributed by atoms with E-state index in [2.05, 4.69) is 10.4 Å². The summed E-state index contributed by atoms with van der Waals surface area (Å²) in [5.41, 5.74) is 3.83. The van der Waals surface area contributed by atoms with E-state index in [1.165, 1.54) is 0 Å². The fourth-order valence-electron chi connectivity index (χ4n) is 2.22. The minimum Gasteiger partial charge on any atom is -0.348 e. The molecule has 0 unspecified atom stereocenters.